The summed E-state index contributed by atoms with van der Waals surface area (Å²) in [5, 5.41) is 10.9. The monoisotopic (exact) mass is 362 g/mol. The number of aliphatic hydroxyl groups is 1. The number of carbonyl (C=O) groups is 2. The van der Waals surface area contributed by atoms with Crippen LogP contribution in [0.5, 0.6) is 0 Å². The highest BCUT2D eigenvalue weighted by Gasteiger charge is 2.54. The van der Waals surface area contributed by atoms with E-state index in [2.05, 4.69) is 6.58 Å². The van der Waals surface area contributed by atoms with Crippen molar-refractivity contribution >= 4 is 11.9 Å². The zero-order valence-electron chi connectivity index (χ0n) is 15.7. The predicted molar refractivity (Wildman–Crippen MR) is 93.9 cm³/mol. The molecule has 0 saturated carbocycles. The number of hydrogen-bond acceptors (Lipinski definition) is 6. The Labute approximate surface area is 153 Å². The van der Waals surface area contributed by atoms with E-state index in [0.29, 0.717) is 30.4 Å². The topological polar surface area (TPSA) is 82.1 Å². The maximum absolute atomic E-state index is 12.4. The zero-order valence-corrected chi connectivity index (χ0v) is 15.7. The van der Waals surface area contributed by atoms with Gasteiger partial charge < -0.3 is 19.3 Å². The zero-order chi connectivity index (χ0) is 19.3. The minimum Gasteiger partial charge on any atom is -0.458 e. The van der Waals surface area contributed by atoms with Gasteiger partial charge in [-0.1, -0.05) is 12.7 Å². The van der Waals surface area contributed by atoms with E-state index < -0.39 is 41.5 Å². The van der Waals surface area contributed by atoms with Gasteiger partial charge in [0.05, 0.1) is 11.5 Å². The molecule has 6 nitrogen and oxygen atoms in total. The minimum atomic E-state index is -1.40. The number of esters is 2. The van der Waals surface area contributed by atoms with Crippen molar-refractivity contribution < 1.29 is 28.9 Å². The lowest BCUT2D eigenvalue weighted by molar-refractivity contribution is -0.202. The van der Waals surface area contributed by atoms with E-state index >= 15 is 0 Å². The lowest BCUT2D eigenvalue weighted by Crippen LogP contribution is -2.40. The SMILES string of the molecule is C=C1C(=O)O[C@@H]2/C=C(/C)[C@]3(O)CC[C@](C)(C[C@@H](OC(=O)/C(C)=C/C)[C@@H]12)O3. The summed E-state index contributed by atoms with van der Waals surface area (Å²) in [7, 11) is 0. The van der Waals surface area contributed by atoms with Crippen LogP contribution in [0, 0.1) is 5.92 Å². The molecule has 1 N–H and O–H groups in total. The Kier molecular flexibility index (Phi) is 4.61. The van der Waals surface area contributed by atoms with Gasteiger partial charge in [0, 0.05) is 24.0 Å². The Hall–Kier alpha value is -1.92. The van der Waals surface area contributed by atoms with Crippen LogP contribution in [0.4, 0.5) is 0 Å². The Morgan fingerprint density at radius 2 is 2.15 bits per heavy atom. The Balaban J connectivity index is 2.03. The summed E-state index contributed by atoms with van der Waals surface area (Å²) in [6.45, 7) is 10.9. The predicted octanol–water partition coefficient (Wildman–Crippen LogP) is 2.57. The van der Waals surface area contributed by atoms with Crippen LogP contribution in [0.3, 0.4) is 0 Å². The van der Waals surface area contributed by atoms with E-state index in [1.165, 1.54) is 0 Å². The van der Waals surface area contributed by atoms with Crippen LogP contribution in [-0.2, 0) is 23.8 Å². The summed E-state index contributed by atoms with van der Waals surface area (Å²) in [4.78, 5) is 24.5. The van der Waals surface area contributed by atoms with Crippen LogP contribution in [0.2, 0.25) is 0 Å². The molecule has 3 aliphatic rings. The molecule has 0 aromatic rings. The Bertz CT molecular complexity index is 720. The third kappa shape index (κ3) is 3.12. The quantitative estimate of drug-likeness (QED) is 0.462. The molecule has 142 valence electrons. The van der Waals surface area contributed by atoms with Gasteiger partial charge in [-0.25, -0.2) is 9.59 Å². The molecule has 3 aliphatic heterocycles. The molecule has 5 atom stereocenters. The average molecular weight is 362 g/mol. The fourth-order valence-corrected chi connectivity index (χ4v) is 3.94. The largest absolute Gasteiger partial charge is 0.458 e. The highest BCUT2D eigenvalue weighted by Crippen LogP contribution is 2.47. The molecule has 2 bridgehead atoms. The van der Waals surface area contributed by atoms with Gasteiger partial charge in [-0.05, 0) is 45.8 Å². The first-order chi connectivity index (χ1) is 12.1. The molecule has 0 aromatic carbocycles. The molecule has 3 heterocycles. The van der Waals surface area contributed by atoms with Gasteiger partial charge in [0.1, 0.15) is 12.2 Å². The van der Waals surface area contributed by atoms with E-state index in [1.54, 1.807) is 32.9 Å². The number of carbonyl (C=O) groups excluding carboxylic acids is 2. The van der Waals surface area contributed by atoms with Crippen molar-refractivity contribution in [2.24, 2.45) is 5.92 Å². The van der Waals surface area contributed by atoms with Crippen molar-refractivity contribution in [2.45, 2.75) is 70.6 Å². The van der Waals surface area contributed by atoms with Crippen LogP contribution in [-0.4, -0.2) is 40.6 Å². The number of ether oxygens (including phenoxy) is 3. The molecular weight excluding hydrogens is 336 g/mol. The summed E-state index contributed by atoms with van der Waals surface area (Å²) in [5.41, 5.74) is 0.677. The first-order valence-electron chi connectivity index (χ1n) is 8.94. The van der Waals surface area contributed by atoms with Crippen LogP contribution >= 0.6 is 0 Å². The van der Waals surface area contributed by atoms with Crippen molar-refractivity contribution in [3.63, 3.8) is 0 Å². The fraction of sp³-hybridized carbons (Fsp3) is 0.600. The highest BCUT2D eigenvalue weighted by molar-refractivity contribution is 5.92. The van der Waals surface area contributed by atoms with Crippen molar-refractivity contribution in [1.82, 2.24) is 0 Å². The third-order valence-electron chi connectivity index (χ3n) is 5.75. The van der Waals surface area contributed by atoms with E-state index in [0.717, 1.165) is 0 Å². The van der Waals surface area contributed by atoms with E-state index in [4.69, 9.17) is 14.2 Å². The van der Waals surface area contributed by atoms with Gasteiger partial charge in [-0.3, -0.25) is 0 Å². The first kappa shape index (κ1) is 18.9. The molecular formula is C20H26O6. The molecule has 0 unspecified atom stereocenters. The second-order valence-corrected chi connectivity index (χ2v) is 7.73. The lowest BCUT2D eigenvalue weighted by atomic mass is 9.82. The standard InChI is InChI=1S/C20H26O6/c1-6-11(2)17(21)25-15-10-19(5)7-8-20(23,26-19)12(3)9-14-16(15)13(4)18(22)24-14/h6,9,14-16,23H,4,7-8,10H2,1-3,5H3/b11-6+,12-9-/t14-,15-,16+,19-,20+/m1/s1. The maximum atomic E-state index is 12.4. The van der Waals surface area contributed by atoms with Crippen molar-refractivity contribution in [1.29, 1.82) is 0 Å². The molecule has 0 aromatic heterocycles. The Morgan fingerprint density at radius 1 is 1.46 bits per heavy atom. The van der Waals surface area contributed by atoms with Gasteiger partial charge in [0.15, 0.2) is 5.79 Å². The average Bonchev–Trinajstić information content (AvgIpc) is 3.03. The van der Waals surface area contributed by atoms with Crippen molar-refractivity contribution in [3.8, 4) is 0 Å². The smallest absolute Gasteiger partial charge is 0.334 e. The van der Waals surface area contributed by atoms with Crippen LogP contribution < -0.4 is 0 Å². The molecule has 2 fully saturated rings. The molecule has 26 heavy (non-hydrogen) atoms. The molecule has 0 radical (unpaired) electrons. The number of rotatable bonds is 2. The normalized spacial score (nSPS) is 42.1. The molecule has 2 saturated heterocycles. The summed E-state index contributed by atoms with van der Waals surface area (Å²) in [5.74, 6) is -2.85. The van der Waals surface area contributed by atoms with Crippen LogP contribution in [0.25, 0.3) is 0 Å². The molecule has 0 amide bonds. The second kappa shape index (κ2) is 6.35. The number of allylic oxidation sites excluding steroid dienone is 1. The van der Waals surface area contributed by atoms with Crippen LogP contribution in [0.15, 0.2) is 35.5 Å². The summed E-state index contributed by atoms with van der Waals surface area (Å²) in [6.07, 6.45) is 3.48. The van der Waals surface area contributed by atoms with Crippen molar-refractivity contribution in [2.75, 3.05) is 0 Å². The van der Waals surface area contributed by atoms with E-state index in [-0.39, 0.29) is 5.57 Å². The molecule has 3 rings (SSSR count). The van der Waals surface area contributed by atoms with E-state index in [1.807, 2.05) is 6.92 Å². The molecule has 0 spiro atoms. The van der Waals surface area contributed by atoms with Gasteiger partial charge in [-0.2, -0.15) is 0 Å². The highest BCUT2D eigenvalue weighted by atomic mass is 16.6. The summed E-state index contributed by atoms with van der Waals surface area (Å²) < 4.78 is 17.2. The Morgan fingerprint density at radius 3 is 2.81 bits per heavy atom. The second-order valence-electron chi connectivity index (χ2n) is 7.73. The maximum Gasteiger partial charge on any atom is 0.334 e. The first-order valence-corrected chi connectivity index (χ1v) is 8.94. The van der Waals surface area contributed by atoms with Crippen LogP contribution in [0.1, 0.15) is 47.0 Å². The molecule has 0 aliphatic carbocycles. The minimum absolute atomic E-state index is 0.281. The van der Waals surface area contributed by atoms with Crippen molar-refractivity contribution in [3.05, 3.63) is 35.5 Å². The van der Waals surface area contributed by atoms with Gasteiger partial charge in [-0.15, -0.1) is 0 Å². The lowest BCUT2D eigenvalue weighted by Gasteiger charge is -2.33. The summed E-state index contributed by atoms with van der Waals surface area (Å²) >= 11 is 0. The fourth-order valence-electron chi connectivity index (χ4n) is 3.94. The van der Waals surface area contributed by atoms with Gasteiger partial charge >= 0.3 is 11.9 Å². The van der Waals surface area contributed by atoms with E-state index in [9.17, 15) is 14.7 Å². The van der Waals surface area contributed by atoms with Gasteiger partial charge in [0.2, 0.25) is 0 Å². The number of hydrogen-bond donors (Lipinski definition) is 1. The molecule has 6 heteroatoms. The van der Waals surface area contributed by atoms with Gasteiger partial charge in [0.25, 0.3) is 0 Å². The third-order valence-corrected chi connectivity index (χ3v) is 5.75. The summed E-state index contributed by atoms with van der Waals surface area (Å²) in [6, 6.07) is 0. The number of fused-ring (bicyclic) bond motifs is 3.